The summed E-state index contributed by atoms with van der Waals surface area (Å²) in [5, 5.41) is 15.9. The van der Waals surface area contributed by atoms with Crippen molar-refractivity contribution in [2.45, 2.75) is 13.5 Å². The molecule has 9 heteroatoms. The SMILES string of the molecule is CCOc1cc(/C=N/NC(=O)C(=O)NCc2ccco2)cc(Br)c1O. The number of carbonyl (C=O) groups is 2. The number of hydrazone groups is 1. The Morgan fingerprint density at radius 1 is 1.40 bits per heavy atom. The third-order valence-corrected chi connectivity index (χ3v) is 3.54. The third-order valence-electron chi connectivity index (χ3n) is 2.94. The molecule has 0 fully saturated rings. The number of phenols is 1. The van der Waals surface area contributed by atoms with Gasteiger partial charge >= 0.3 is 11.8 Å². The van der Waals surface area contributed by atoms with Crippen LogP contribution in [0.2, 0.25) is 0 Å². The minimum atomic E-state index is -0.911. The first-order valence-electron chi connectivity index (χ1n) is 7.30. The Bertz CT molecular complexity index is 774. The number of ether oxygens (including phenoxy) is 1. The summed E-state index contributed by atoms with van der Waals surface area (Å²) in [6.07, 6.45) is 2.79. The second-order valence-corrected chi connectivity index (χ2v) is 5.60. The highest BCUT2D eigenvalue weighted by molar-refractivity contribution is 9.10. The number of nitrogens with one attached hydrogen (secondary N) is 2. The Balaban J connectivity index is 1.91. The molecule has 1 aromatic heterocycles. The van der Waals surface area contributed by atoms with Crippen LogP contribution in [0.15, 0.2) is 44.5 Å². The van der Waals surface area contributed by atoms with Gasteiger partial charge in [0.15, 0.2) is 11.5 Å². The number of aromatic hydroxyl groups is 1. The fraction of sp³-hybridized carbons (Fsp3) is 0.188. The Hall–Kier alpha value is -2.81. The average molecular weight is 410 g/mol. The molecule has 2 rings (SSSR count). The van der Waals surface area contributed by atoms with Crippen molar-refractivity contribution in [1.29, 1.82) is 0 Å². The Labute approximate surface area is 152 Å². The van der Waals surface area contributed by atoms with Gasteiger partial charge in [-0.2, -0.15) is 5.10 Å². The fourth-order valence-electron chi connectivity index (χ4n) is 1.81. The zero-order chi connectivity index (χ0) is 18.2. The van der Waals surface area contributed by atoms with Crippen LogP contribution in [0.1, 0.15) is 18.2 Å². The number of phenolic OH excluding ortho intramolecular Hbond substituents is 1. The molecule has 0 saturated heterocycles. The van der Waals surface area contributed by atoms with Crippen molar-refractivity contribution in [2.75, 3.05) is 6.61 Å². The molecule has 0 unspecified atom stereocenters. The molecule has 0 aliphatic carbocycles. The van der Waals surface area contributed by atoms with E-state index in [0.29, 0.717) is 22.4 Å². The van der Waals surface area contributed by atoms with Gasteiger partial charge in [0.25, 0.3) is 0 Å². The molecular formula is C16H16BrN3O5. The number of benzene rings is 1. The third kappa shape index (κ3) is 5.35. The molecule has 25 heavy (non-hydrogen) atoms. The van der Waals surface area contributed by atoms with E-state index in [1.807, 2.05) is 0 Å². The molecule has 8 nitrogen and oxygen atoms in total. The second kappa shape index (κ2) is 8.88. The molecule has 132 valence electrons. The summed E-state index contributed by atoms with van der Waals surface area (Å²) in [6.45, 7) is 2.27. The number of halogens is 1. The highest BCUT2D eigenvalue weighted by atomic mass is 79.9. The Kier molecular flexibility index (Phi) is 6.58. The van der Waals surface area contributed by atoms with E-state index in [2.05, 4.69) is 31.8 Å². The topological polar surface area (TPSA) is 113 Å². The van der Waals surface area contributed by atoms with E-state index in [9.17, 15) is 14.7 Å². The summed E-state index contributed by atoms with van der Waals surface area (Å²) >= 11 is 3.20. The normalized spacial score (nSPS) is 10.6. The fourth-order valence-corrected chi connectivity index (χ4v) is 2.27. The van der Waals surface area contributed by atoms with Crippen molar-refractivity contribution in [3.63, 3.8) is 0 Å². The lowest BCUT2D eigenvalue weighted by molar-refractivity contribution is -0.139. The first-order valence-corrected chi connectivity index (χ1v) is 8.09. The maximum atomic E-state index is 11.6. The molecule has 2 amide bonds. The lowest BCUT2D eigenvalue weighted by Gasteiger charge is -2.08. The molecule has 0 saturated carbocycles. The lowest BCUT2D eigenvalue weighted by Crippen LogP contribution is -2.37. The molecule has 1 heterocycles. The van der Waals surface area contributed by atoms with E-state index < -0.39 is 11.8 Å². The van der Waals surface area contributed by atoms with Gasteiger partial charge in [0.05, 0.1) is 30.1 Å². The van der Waals surface area contributed by atoms with Crippen LogP contribution in [0.4, 0.5) is 0 Å². The number of hydrogen-bond acceptors (Lipinski definition) is 6. The van der Waals surface area contributed by atoms with Crippen molar-refractivity contribution >= 4 is 34.0 Å². The van der Waals surface area contributed by atoms with Crippen molar-refractivity contribution in [3.8, 4) is 11.5 Å². The predicted octanol–water partition coefficient (Wildman–Crippen LogP) is 1.91. The van der Waals surface area contributed by atoms with Crippen molar-refractivity contribution in [2.24, 2.45) is 5.10 Å². The van der Waals surface area contributed by atoms with Gasteiger partial charge in [-0.05, 0) is 52.7 Å². The highest BCUT2D eigenvalue weighted by Crippen LogP contribution is 2.34. The summed E-state index contributed by atoms with van der Waals surface area (Å²) < 4.78 is 10.7. The summed E-state index contributed by atoms with van der Waals surface area (Å²) in [5.74, 6) is -0.968. The van der Waals surface area contributed by atoms with Crippen LogP contribution in [-0.2, 0) is 16.1 Å². The van der Waals surface area contributed by atoms with Gasteiger partial charge < -0.3 is 19.6 Å². The van der Waals surface area contributed by atoms with Gasteiger partial charge in [-0.3, -0.25) is 9.59 Å². The first-order chi connectivity index (χ1) is 12.0. The molecule has 0 aliphatic heterocycles. The molecule has 0 atom stereocenters. The van der Waals surface area contributed by atoms with E-state index in [-0.39, 0.29) is 18.0 Å². The number of amides is 2. The van der Waals surface area contributed by atoms with Crippen LogP contribution in [-0.4, -0.2) is 29.7 Å². The average Bonchev–Trinajstić information content (AvgIpc) is 3.10. The number of nitrogens with zero attached hydrogens (tertiary/aromatic N) is 1. The van der Waals surface area contributed by atoms with Crippen LogP contribution in [0, 0.1) is 0 Å². The second-order valence-electron chi connectivity index (χ2n) is 4.74. The number of carbonyl (C=O) groups excluding carboxylic acids is 2. The summed E-state index contributed by atoms with van der Waals surface area (Å²) in [7, 11) is 0. The Morgan fingerprint density at radius 3 is 2.88 bits per heavy atom. The van der Waals surface area contributed by atoms with Crippen molar-refractivity contribution in [3.05, 3.63) is 46.3 Å². The van der Waals surface area contributed by atoms with Gasteiger partial charge in [0, 0.05) is 0 Å². The predicted molar refractivity (Wildman–Crippen MR) is 93.3 cm³/mol. The molecule has 0 bridgehead atoms. The first kappa shape index (κ1) is 18.5. The summed E-state index contributed by atoms with van der Waals surface area (Å²) in [4.78, 5) is 23.3. The summed E-state index contributed by atoms with van der Waals surface area (Å²) in [5.41, 5.74) is 2.68. The largest absolute Gasteiger partial charge is 0.503 e. The van der Waals surface area contributed by atoms with Gasteiger partial charge in [-0.15, -0.1) is 0 Å². The number of furan rings is 1. The van der Waals surface area contributed by atoms with Gasteiger partial charge in [0.1, 0.15) is 5.76 Å². The molecule has 0 aliphatic rings. The maximum absolute atomic E-state index is 11.6. The van der Waals surface area contributed by atoms with E-state index >= 15 is 0 Å². The molecule has 1 aromatic carbocycles. The lowest BCUT2D eigenvalue weighted by atomic mass is 10.2. The quantitative estimate of drug-likeness (QED) is 0.383. The van der Waals surface area contributed by atoms with Gasteiger partial charge in [-0.25, -0.2) is 5.43 Å². The minimum Gasteiger partial charge on any atom is -0.503 e. The van der Waals surface area contributed by atoms with Gasteiger partial charge in [0.2, 0.25) is 0 Å². The molecular weight excluding hydrogens is 394 g/mol. The van der Waals surface area contributed by atoms with Crippen LogP contribution in [0.3, 0.4) is 0 Å². The van der Waals surface area contributed by atoms with Gasteiger partial charge in [-0.1, -0.05) is 0 Å². The highest BCUT2D eigenvalue weighted by Gasteiger charge is 2.13. The van der Waals surface area contributed by atoms with Crippen LogP contribution in [0.25, 0.3) is 0 Å². The van der Waals surface area contributed by atoms with E-state index in [4.69, 9.17) is 9.15 Å². The maximum Gasteiger partial charge on any atom is 0.329 e. The van der Waals surface area contributed by atoms with Crippen molar-refractivity contribution in [1.82, 2.24) is 10.7 Å². The Morgan fingerprint density at radius 2 is 2.20 bits per heavy atom. The molecule has 2 aromatic rings. The monoisotopic (exact) mass is 409 g/mol. The molecule has 0 radical (unpaired) electrons. The van der Waals surface area contributed by atoms with Crippen LogP contribution >= 0.6 is 15.9 Å². The summed E-state index contributed by atoms with van der Waals surface area (Å²) in [6, 6.07) is 6.49. The van der Waals surface area contributed by atoms with Crippen molar-refractivity contribution < 1.29 is 23.8 Å². The smallest absolute Gasteiger partial charge is 0.329 e. The minimum absolute atomic E-state index is 0.0275. The standard InChI is InChI=1S/C16H16BrN3O5/c1-2-24-13-7-10(6-12(17)14(13)21)8-19-20-16(23)15(22)18-9-11-4-3-5-25-11/h3-8,21H,2,9H2,1H3,(H,18,22)(H,20,23)/b19-8+. The number of hydrogen-bond donors (Lipinski definition) is 3. The van der Waals surface area contributed by atoms with Crippen LogP contribution in [0.5, 0.6) is 11.5 Å². The van der Waals surface area contributed by atoms with E-state index in [1.165, 1.54) is 12.5 Å². The van der Waals surface area contributed by atoms with Crippen LogP contribution < -0.4 is 15.5 Å². The molecule has 0 spiro atoms. The number of rotatable bonds is 6. The van der Waals surface area contributed by atoms with E-state index in [0.717, 1.165) is 0 Å². The molecule has 3 N–H and O–H groups in total. The van der Waals surface area contributed by atoms with E-state index in [1.54, 1.807) is 31.2 Å². The zero-order valence-electron chi connectivity index (χ0n) is 13.3. The zero-order valence-corrected chi connectivity index (χ0v) is 14.9.